The highest BCUT2D eigenvalue weighted by atomic mass is 32.1. The van der Waals surface area contributed by atoms with Gasteiger partial charge < -0.3 is 25.4 Å². The number of nitrogens with zero attached hydrogens (tertiary/aromatic N) is 1. The molecule has 1 heterocycles. The molecule has 0 aliphatic rings. The summed E-state index contributed by atoms with van der Waals surface area (Å²) < 4.78 is 10.4. The van der Waals surface area contributed by atoms with Gasteiger partial charge in [-0.3, -0.25) is 4.79 Å². The number of rotatable bonds is 7. The second kappa shape index (κ2) is 9.23. The third-order valence-corrected chi connectivity index (χ3v) is 4.95. The van der Waals surface area contributed by atoms with Gasteiger partial charge in [-0.25, -0.2) is 9.59 Å². The first-order valence-electron chi connectivity index (χ1n) is 8.54. The van der Waals surface area contributed by atoms with Crippen LogP contribution in [0.5, 0.6) is 0 Å². The van der Waals surface area contributed by atoms with Crippen LogP contribution in [-0.2, 0) is 16.1 Å². The van der Waals surface area contributed by atoms with Crippen molar-refractivity contribution in [2.45, 2.75) is 13.5 Å². The molecule has 0 saturated carbocycles. The highest BCUT2D eigenvalue weighted by Gasteiger charge is 2.27. The molecule has 0 unspecified atom stereocenters. The van der Waals surface area contributed by atoms with E-state index in [0.717, 1.165) is 17.0 Å². The van der Waals surface area contributed by atoms with E-state index in [1.165, 1.54) is 7.05 Å². The van der Waals surface area contributed by atoms with Gasteiger partial charge in [-0.2, -0.15) is 0 Å². The fraction of sp³-hybridized carbons (Fsp3) is 0.316. The maximum Gasteiger partial charge on any atom is 0.341 e. The summed E-state index contributed by atoms with van der Waals surface area (Å²) >= 11 is 0.949. The number of ether oxygens (including phenoxy) is 2. The topological polar surface area (TPSA) is 111 Å². The van der Waals surface area contributed by atoms with Crippen LogP contribution >= 0.6 is 11.3 Å². The van der Waals surface area contributed by atoms with E-state index in [-0.39, 0.29) is 34.2 Å². The van der Waals surface area contributed by atoms with E-state index in [1.54, 1.807) is 25.1 Å². The molecule has 0 saturated heterocycles. The number of thiophene rings is 1. The van der Waals surface area contributed by atoms with E-state index >= 15 is 0 Å². The maximum atomic E-state index is 12.5. The molecule has 0 aliphatic heterocycles. The van der Waals surface area contributed by atoms with Gasteiger partial charge in [-0.05, 0) is 25.1 Å². The van der Waals surface area contributed by atoms with Gasteiger partial charge in [0.2, 0.25) is 0 Å². The van der Waals surface area contributed by atoms with Crippen molar-refractivity contribution in [3.05, 3.63) is 45.8 Å². The first-order valence-corrected chi connectivity index (χ1v) is 9.36. The van der Waals surface area contributed by atoms with Gasteiger partial charge in [0, 0.05) is 32.4 Å². The number of anilines is 2. The summed E-state index contributed by atoms with van der Waals surface area (Å²) in [5.74, 6) is -1.66. The predicted octanol–water partition coefficient (Wildman–Crippen LogP) is 2.29. The second-order valence-electron chi connectivity index (χ2n) is 5.97. The predicted molar refractivity (Wildman–Crippen MR) is 108 cm³/mol. The Hall–Kier alpha value is -3.07. The van der Waals surface area contributed by atoms with E-state index in [2.05, 4.69) is 5.32 Å². The Balaban J connectivity index is 2.31. The summed E-state index contributed by atoms with van der Waals surface area (Å²) in [5, 5.41) is 2.63. The smallest absolute Gasteiger partial charge is 0.341 e. The molecule has 1 aromatic heterocycles. The molecule has 0 radical (unpaired) electrons. The summed E-state index contributed by atoms with van der Waals surface area (Å²) in [6.45, 7) is 1.53. The van der Waals surface area contributed by atoms with Gasteiger partial charge in [0.15, 0.2) is 0 Å². The second-order valence-corrected chi connectivity index (χ2v) is 7.02. The van der Waals surface area contributed by atoms with E-state index < -0.39 is 17.8 Å². The van der Waals surface area contributed by atoms with Crippen molar-refractivity contribution in [3.63, 3.8) is 0 Å². The van der Waals surface area contributed by atoms with Crippen LogP contribution in [0.1, 0.15) is 42.9 Å². The molecule has 0 spiro atoms. The third kappa shape index (κ3) is 4.61. The minimum atomic E-state index is -0.660. The fourth-order valence-corrected chi connectivity index (χ4v) is 3.49. The molecule has 28 heavy (non-hydrogen) atoms. The number of benzene rings is 1. The minimum Gasteiger partial charge on any atom is -0.462 e. The number of nitrogens with one attached hydrogen (secondary N) is 1. The lowest BCUT2D eigenvalue weighted by atomic mass is 10.1. The number of carbonyl (C=O) groups is 3. The quantitative estimate of drug-likeness (QED) is 0.680. The van der Waals surface area contributed by atoms with Crippen molar-refractivity contribution >= 4 is 39.9 Å². The Kier molecular flexibility index (Phi) is 7.00. The van der Waals surface area contributed by atoms with Crippen LogP contribution in [0.4, 0.5) is 10.7 Å². The first-order chi connectivity index (χ1) is 13.3. The number of carbonyl (C=O) groups excluding carboxylic acids is 3. The highest BCUT2D eigenvalue weighted by molar-refractivity contribution is 7.18. The molecule has 1 amide bonds. The lowest BCUT2D eigenvalue weighted by molar-refractivity contribution is 0.0450. The van der Waals surface area contributed by atoms with E-state index in [0.29, 0.717) is 5.56 Å². The van der Waals surface area contributed by atoms with Crippen molar-refractivity contribution in [1.29, 1.82) is 0 Å². The van der Waals surface area contributed by atoms with E-state index in [4.69, 9.17) is 15.2 Å². The van der Waals surface area contributed by atoms with Gasteiger partial charge in [-0.1, -0.05) is 6.07 Å². The normalized spacial score (nSPS) is 10.3. The van der Waals surface area contributed by atoms with E-state index in [1.807, 2.05) is 25.1 Å². The number of hydrogen-bond donors (Lipinski definition) is 2. The van der Waals surface area contributed by atoms with Crippen molar-refractivity contribution in [3.8, 4) is 0 Å². The molecule has 0 aliphatic carbocycles. The van der Waals surface area contributed by atoms with Crippen LogP contribution in [-0.4, -0.2) is 45.6 Å². The molecule has 150 valence electrons. The van der Waals surface area contributed by atoms with Crippen molar-refractivity contribution in [1.82, 2.24) is 5.32 Å². The summed E-state index contributed by atoms with van der Waals surface area (Å²) in [5.41, 5.74) is 7.41. The number of hydrogen-bond acceptors (Lipinski definition) is 8. The zero-order chi connectivity index (χ0) is 20.8. The standard InChI is InChI=1S/C19H23N3O5S/c1-5-26-19(25)14-13(15(17(23)21-2)28-16(14)20)10-27-18(24)11-7-6-8-12(9-11)22(3)4/h6-9H,5,10,20H2,1-4H3,(H,21,23). The summed E-state index contributed by atoms with van der Waals surface area (Å²) in [7, 11) is 5.19. The number of nitrogen functional groups attached to an aromatic ring is 1. The molecule has 8 nitrogen and oxygen atoms in total. The Morgan fingerprint density at radius 1 is 1.18 bits per heavy atom. The van der Waals surface area contributed by atoms with Crippen LogP contribution in [0.3, 0.4) is 0 Å². The van der Waals surface area contributed by atoms with Gasteiger partial charge in [0.1, 0.15) is 22.0 Å². The molecular formula is C19H23N3O5S. The van der Waals surface area contributed by atoms with Crippen LogP contribution in [0.2, 0.25) is 0 Å². The number of esters is 2. The first kappa shape index (κ1) is 21.2. The lowest BCUT2D eigenvalue weighted by Gasteiger charge is -2.13. The Bertz CT molecular complexity index is 892. The zero-order valence-electron chi connectivity index (χ0n) is 16.2. The number of nitrogens with two attached hydrogens (primary N) is 1. The maximum absolute atomic E-state index is 12.5. The molecule has 0 fully saturated rings. The largest absolute Gasteiger partial charge is 0.462 e. The molecule has 1 aromatic carbocycles. The summed E-state index contributed by atoms with van der Waals surface area (Å²) in [6, 6.07) is 6.92. The van der Waals surface area contributed by atoms with Gasteiger partial charge in [0.05, 0.1) is 12.2 Å². The summed E-state index contributed by atoms with van der Waals surface area (Å²) in [4.78, 5) is 39.0. The monoisotopic (exact) mass is 405 g/mol. The lowest BCUT2D eigenvalue weighted by Crippen LogP contribution is -2.20. The molecular weight excluding hydrogens is 382 g/mol. The molecule has 0 atom stereocenters. The van der Waals surface area contributed by atoms with Crippen LogP contribution in [0, 0.1) is 0 Å². The van der Waals surface area contributed by atoms with Crippen molar-refractivity contribution in [2.24, 2.45) is 0 Å². The molecule has 2 aromatic rings. The van der Waals surface area contributed by atoms with Gasteiger partial charge in [-0.15, -0.1) is 11.3 Å². The van der Waals surface area contributed by atoms with Crippen molar-refractivity contribution < 1.29 is 23.9 Å². The van der Waals surface area contributed by atoms with E-state index in [9.17, 15) is 14.4 Å². The average molecular weight is 405 g/mol. The van der Waals surface area contributed by atoms with Gasteiger partial charge in [0.25, 0.3) is 5.91 Å². The average Bonchev–Trinajstić information content (AvgIpc) is 3.01. The van der Waals surface area contributed by atoms with Crippen molar-refractivity contribution in [2.75, 3.05) is 38.4 Å². The Labute approximate surface area is 167 Å². The number of amides is 1. The van der Waals surface area contributed by atoms with Crippen LogP contribution in [0.25, 0.3) is 0 Å². The highest BCUT2D eigenvalue weighted by Crippen LogP contribution is 2.32. The van der Waals surface area contributed by atoms with Crippen LogP contribution < -0.4 is 16.0 Å². The fourth-order valence-electron chi connectivity index (χ4n) is 2.48. The molecule has 3 N–H and O–H groups in total. The Morgan fingerprint density at radius 3 is 2.50 bits per heavy atom. The summed E-state index contributed by atoms with van der Waals surface area (Å²) in [6.07, 6.45) is 0. The third-order valence-electron chi connectivity index (χ3n) is 3.89. The molecule has 0 bridgehead atoms. The Morgan fingerprint density at radius 2 is 1.89 bits per heavy atom. The van der Waals surface area contributed by atoms with Gasteiger partial charge >= 0.3 is 11.9 Å². The van der Waals surface area contributed by atoms with Crippen LogP contribution in [0.15, 0.2) is 24.3 Å². The SMILES string of the molecule is CCOC(=O)c1c(N)sc(C(=O)NC)c1COC(=O)c1cccc(N(C)C)c1. The zero-order valence-corrected chi connectivity index (χ0v) is 17.0. The minimum absolute atomic E-state index is 0.0558. The molecule has 2 rings (SSSR count). The molecule has 9 heteroatoms.